The maximum atomic E-state index is 3.74. The molecule has 0 saturated heterocycles. The molecule has 1 aromatic carbocycles. The molecule has 1 nitrogen and oxygen atoms in total. The highest BCUT2D eigenvalue weighted by Crippen LogP contribution is 2.49. The lowest BCUT2D eigenvalue weighted by Crippen LogP contribution is -2.26. The lowest BCUT2D eigenvalue weighted by Gasteiger charge is -2.20. The Balaban J connectivity index is 1.84. The van der Waals surface area contributed by atoms with Gasteiger partial charge >= 0.3 is 0 Å². The summed E-state index contributed by atoms with van der Waals surface area (Å²) in [7, 11) is 0. The quantitative estimate of drug-likeness (QED) is 0.702. The van der Waals surface area contributed by atoms with Crippen molar-refractivity contribution in [2.45, 2.75) is 65.3 Å². The van der Waals surface area contributed by atoms with Crippen LogP contribution in [-0.2, 0) is 6.42 Å². The molecule has 2 rings (SSSR count). The van der Waals surface area contributed by atoms with E-state index in [0.717, 1.165) is 0 Å². The molecule has 0 radical (unpaired) electrons. The smallest absolute Gasteiger partial charge is 0.0292 e. The molecule has 1 atom stereocenters. The number of aryl methyl sites for hydroxylation is 1. The third-order valence-corrected chi connectivity index (χ3v) is 4.54. The zero-order chi connectivity index (χ0) is 13.7. The Bertz CT molecular complexity index is 375. The van der Waals surface area contributed by atoms with Gasteiger partial charge in [0.2, 0.25) is 0 Å². The molecule has 1 aliphatic carbocycles. The van der Waals surface area contributed by atoms with Crippen LogP contribution in [0.3, 0.4) is 0 Å². The molecule has 1 heteroatoms. The Hall–Kier alpha value is -0.820. The van der Waals surface area contributed by atoms with Crippen molar-refractivity contribution in [3.05, 3.63) is 35.4 Å². The largest absolute Gasteiger partial charge is 0.310 e. The summed E-state index contributed by atoms with van der Waals surface area (Å²) in [6.07, 6.45) is 7.99. The minimum Gasteiger partial charge on any atom is -0.310 e. The average molecular weight is 259 g/mol. The van der Waals surface area contributed by atoms with E-state index in [0.29, 0.717) is 11.5 Å². The standard InChI is InChI=1S/C18H29N/c1-4-6-16-7-9-17(10-8-16)15(3)19-14-18(11-5-2)12-13-18/h7-10,15,19H,4-6,11-14H2,1-3H3. The van der Waals surface area contributed by atoms with E-state index in [-0.39, 0.29) is 0 Å². The minimum atomic E-state index is 0.477. The first kappa shape index (κ1) is 14.6. The fourth-order valence-corrected chi connectivity index (χ4v) is 2.97. The van der Waals surface area contributed by atoms with Crippen LogP contribution in [0.25, 0.3) is 0 Å². The van der Waals surface area contributed by atoms with Crippen LogP contribution < -0.4 is 5.32 Å². The normalized spacial score (nSPS) is 18.3. The average Bonchev–Trinajstić information content (AvgIpc) is 3.18. The maximum Gasteiger partial charge on any atom is 0.0292 e. The van der Waals surface area contributed by atoms with Gasteiger partial charge in [-0.15, -0.1) is 0 Å². The van der Waals surface area contributed by atoms with E-state index < -0.39 is 0 Å². The van der Waals surface area contributed by atoms with Crippen LogP contribution >= 0.6 is 0 Å². The van der Waals surface area contributed by atoms with E-state index in [1.165, 1.54) is 56.2 Å². The van der Waals surface area contributed by atoms with Crippen LogP contribution in [-0.4, -0.2) is 6.54 Å². The first-order chi connectivity index (χ1) is 9.19. The van der Waals surface area contributed by atoms with Gasteiger partial charge in [-0.2, -0.15) is 0 Å². The SMILES string of the molecule is CCCc1ccc(C(C)NCC2(CCC)CC2)cc1. The van der Waals surface area contributed by atoms with Crippen molar-refractivity contribution < 1.29 is 0 Å². The first-order valence-corrected chi connectivity index (χ1v) is 8.01. The molecular weight excluding hydrogens is 230 g/mol. The molecule has 0 amide bonds. The van der Waals surface area contributed by atoms with E-state index in [1.807, 2.05) is 0 Å². The highest BCUT2D eigenvalue weighted by molar-refractivity contribution is 5.24. The molecule has 1 unspecified atom stereocenters. The molecule has 1 saturated carbocycles. The fourth-order valence-electron chi connectivity index (χ4n) is 2.97. The first-order valence-electron chi connectivity index (χ1n) is 8.01. The zero-order valence-electron chi connectivity index (χ0n) is 12.8. The van der Waals surface area contributed by atoms with Crippen molar-refractivity contribution in [2.24, 2.45) is 5.41 Å². The molecule has 1 N–H and O–H groups in total. The topological polar surface area (TPSA) is 12.0 Å². The number of rotatable bonds is 8. The molecule has 1 fully saturated rings. The van der Waals surface area contributed by atoms with Crippen LogP contribution in [0, 0.1) is 5.41 Å². The van der Waals surface area contributed by atoms with Crippen molar-refractivity contribution in [3.8, 4) is 0 Å². The van der Waals surface area contributed by atoms with Crippen molar-refractivity contribution >= 4 is 0 Å². The summed E-state index contributed by atoms with van der Waals surface area (Å²) in [4.78, 5) is 0. The molecule has 1 aromatic rings. The maximum absolute atomic E-state index is 3.74. The molecule has 106 valence electrons. The molecule has 0 aromatic heterocycles. The van der Waals surface area contributed by atoms with Gasteiger partial charge in [-0.25, -0.2) is 0 Å². The summed E-state index contributed by atoms with van der Waals surface area (Å²) in [5.74, 6) is 0. The Morgan fingerprint density at radius 1 is 1.11 bits per heavy atom. The number of hydrogen-bond acceptors (Lipinski definition) is 1. The van der Waals surface area contributed by atoms with Crippen LogP contribution in [0.2, 0.25) is 0 Å². The molecule has 1 aliphatic rings. The van der Waals surface area contributed by atoms with Crippen molar-refractivity contribution in [1.29, 1.82) is 0 Å². The summed E-state index contributed by atoms with van der Waals surface area (Å²) in [5, 5.41) is 3.74. The van der Waals surface area contributed by atoms with Crippen LogP contribution in [0.4, 0.5) is 0 Å². The summed E-state index contributed by atoms with van der Waals surface area (Å²) in [5.41, 5.74) is 3.53. The highest BCUT2D eigenvalue weighted by atomic mass is 14.9. The monoisotopic (exact) mass is 259 g/mol. The highest BCUT2D eigenvalue weighted by Gasteiger charge is 2.41. The molecule has 19 heavy (non-hydrogen) atoms. The van der Waals surface area contributed by atoms with Gasteiger partial charge < -0.3 is 5.32 Å². The predicted molar refractivity (Wildman–Crippen MR) is 83.4 cm³/mol. The van der Waals surface area contributed by atoms with Gasteiger partial charge in [0, 0.05) is 12.6 Å². The summed E-state index contributed by atoms with van der Waals surface area (Å²) >= 11 is 0. The Morgan fingerprint density at radius 3 is 2.32 bits per heavy atom. The van der Waals surface area contributed by atoms with E-state index >= 15 is 0 Å². The number of nitrogens with one attached hydrogen (secondary N) is 1. The van der Waals surface area contributed by atoms with Crippen LogP contribution in [0.1, 0.15) is 70.0 Å². The second-order valence-electron chi connectivity index (χ2n) is 6.34. The summed E-state index contributed by atoms with van der Waals surface area (Å²) in [6.45, 7) is 8.02. The van der Waals surface area contributed by atoms with Gasteiger partial charge in [-0.05, 0) is 49.1 Å². The molecular formula is C18H29N. The molecule has 0 spiro atoms. The lowest BCUT2D eigenvalue weighted by molar-refractivity contribution is 0.397. The van der Waals surface area contributed by atoms with Crippen molar-refractivity contribution in [2.75, 3.05) is 6.54 Å². The predicted octanol–water partition coefficient (Wildman–Crippen LogP) is 4.87. The van der Waals surface area contributed by atoms with Crippen molar-refractivity contribution in [3.63, 3.8) is 0 Å². The minimum absolute atomic E-state index is 0.477. The van der Waals surface area contributed by atoms with Gasteiger partial charge in [0.1, 0.15) is 0 Å². The lowest BCUT2D eigenvalue weighted by atomic mass is 9.99. The van der Waals surface area contributed by atoms with Gasteiger partial charge in [0.15, 0.2) is 0 Å². The molecule has 0 heterocycles. The molecule has 0 bridgehead atoms. The van der Waals surface area contributed by atoms with Crippen LogP contribution in [0.5, 0.6) is 0 Å². The Morgan fingerprint density at radius 2 is 1.79 bits per heavy atom. The Kier molecular flexibility index (Phi) is 5.04. The second kappa shape index (κ2) is 6.56. The van der Waals surface area contributed by atoms with E-state index in [9.17, 15) is 0 Å². The van der Waals surface area contributed by atoms with Gasteiger partial charge in [0.05, 0.1) is 0 Å². The van der Waals surface area contributed by atoms with Crippen LogP contribution in [0.15, 0.2) is 24.3 Å². The fraction of sp³-hybridized carbons (Fsp3) is 0.667. The number of hydrogen-bond donors (Lipinski definition) is 1. The second-order valence-corrected chi connectivity index (χ2v) is 6.34. The third-order valence-electron chi connectivity index (χ3n) is 4.54. The third kappa shape index (κ3) is 4.07. The van der Waals surface area contributed by atoms with E-state index in [2.05, 4.69) is 50.4 Å². The van der Waals surface area contributed by atoms with Gasteiger partial charge in [-0.3, -0.25) is 0 Å². The van der Waals surface area contributed by atoms with E-state index in [4.69, 9.17) is 0 Å². The number of benzene rings is 1. The van der Waals surface area contributed by atoms with Gasteiger partial charge in [-0.1, -0.05) is 51.0 Å². The van der Waals surface area contributed by atoms with Crippen molar-refractivity contribution in [1.82, 2.24) is 5.32 Å². The zero-order valence-corrected chi connectivity index (χ0v) is 12.8. The Labute approximate surface area is 118 Å². The summed E-state index contributed by atoms with van der Waals surface area (Å²) in [6, 6.07) is 9.64. The molecule has 0 aliphatic heterocycles. The summed E-state index contributed by atoms with van der Waals surface area (Å²) < 4.78 is 0. The van der Waals surface area contributed by atoms with E-state index in [1.54, 1.807) is 0 Å². The van der Waals surface area contributed by atoms with Gasteiger partial charge in [0.25, 0.3) is 0 Å².